The Morgan fingerprint density at radius 2 is 1.88 bits per heavy atom. The molecule has 0 saturated heterocycles. The molecule has 0 spiro atoms. The summed E-state index contributed by atoms with van der Waals surface area (Å²) in [5.41, 5.74) is -0.389. The molecule has 132 valence electrons. The Balaban J connectivity index is 1.63. The SMILES string of the molecule is O=C(CNc1ccc2c(c1)OCO2)Nc1cc(C(F)(F)F)ccc1Cl. The summed E-state index contributed by atoms with van der Waals surface area (Å²) in [7, 11) is 0. The third kappa shape index (κ3) is 4.08. The normalized spacial score (nSPS) is 12.8. The van der Waals surface area contributed by atoms with Gasteiger partial charge < -0.3 is 20.1 Å². The van der Waals surface area contributed by atoms with Gasteiger partial charge in [-0.05, 0) is 30.3 Å². The summed E-state index contributed by atoms with van der Waals surface area (Å²) in [6, 6.07) is 7.77. The van der Waals surface area contributed by atoms with Crippen molar-refractivity contribution >= 4 is 28.9 Å². The van der Waals surface area contributed by atoms with Crippen molar-refractivity contribution < 1.29 is 27.4 Å². The lowest BCUT2D eigenvalue weighted by atomic mass is 10.2. The molecule has 0 atom stereocenters. The third-order valence-corrected chi connectivity index (χ3v) is 3.72. The van der Waals surface area contributed by atoms with Gasteiger partial charge in [-0.3, -0.25) is 4.79 Å². The number of rotatable bonds is 4. The Hall–Kier alpha value is -2.61. The fraction of sp³-hybridized carbons (Fsp3) is 0.188. The quantitative estimate of drug-likeness (QED) is 0.847. The van der Waals surface area contributed by atoms with Gasteiger partial charge in [-0.25, -0.2) is 0 Å². The average Bonchev–Trinajstić information content (AvgIpc) is 3.01. The summed E-state index contributed by atoms with van der Waals surface area (Å²) in [4.78, 5) is 12.0. The number of nitrogens with one attached hydrogen (secondary N) is 2. The summed E-state index contributed by atoms with van der Waals surface area (Å²) in [6.07, 6.45) is -4.52. The van der Waals surface area contributed by atoms with E-state index in [1.54, 1.807) is 18.2 Å². The molecular weight excluding hydrogens is 361 g/mol. The van der Waals surface area contributed by atoms with E-state index in [1.165, 1.54) is 0 Å². The number of anilines is 2. The molecule has 3 rings (SSSR count). The molecule has 1 amide bonds. The van der Waals surface area contributed by atoms with Crippen molar-refractivity contribution in [3.05, 3.63) is 47.0 Å². The molecule has 0 saturated carbocycles. The van der Waals surface area contributed by atoms with Crippen molar-refractivity contribution in [1.29, 1.82) is 0 Å². The van der Waals surface area contributed by atoms with E-state index in [9.17, 15) is 18.0 Å². The van der Waals surface area contributed by atoms with Gasteiger partial charge in [0.1, 0.15) is 0 Å². The predicted molar refractivity (Wildman–Crippen MR) is 86.1 cm³/mol. The second kappa shape index (κ2) is 6.72. The smallest absolute Gasteiger partial charge is 0.416 e. The molecule has 25 heavy (non-hydrogen) atoms. The van der Waals surface area contributed by atoms with Gasteiger partial charge in [-0.2, -0.15) is 13.2 Å². The van der Waals surface area contributed by atoms with Gasteiger partial charge in [-0.15, -0.1) is 0 Å². The zero-order valence-electron chi connectivity index (χ0n) is 12.6. The summed E-state index contributed by atoms with van der Waals surface area (Å²) in [5, 5.41) is 5.22. The van der Waals surface area contributed by atoms with E-state index in [1.807, 2.05) is 0 Å². The second-order valence-corrected chi connectivity index (χ2v) is 5.57. The van der Waals surface area contributed by atoms with Crippen molar-refractivity contribution in [3.63, 3.8) is 0 Å². The number of ether oxygens (including phenoxy) is 2. The van der Waals surface area contributed by atoms with Crippen LogP contribution in [-0.4, -0.2) is 19.2 Å². The van der Waals surface area contributed by atoms with Gasteiger partial charge in [0.05, 0.1) is 22.8 Å². The van der Waals surface area contributed by atoms with Crippen molar-refractivity contribution in [2.45, 2.75) is 6.18 Å². The molecule has 1 heterocycles. The van der Waals surface area contributed by atoms with Gasteiger partial charge in [0.2, 0.25) is 12.7 Å². The van der Waals surface area contributed by atoms with Crippen molar-refractivity contribution in [1.82, 2.24) is 0 Å². The van der Waals surface area contributed by atoms with Crippen LogP contribution in [0.5, 0.6) is 11.5 Å². The molecule has 0 fully saturated rings. The summed E-state index contributed by atoms with van der Waals surface area (Å²) in [5.74, 6) is 0.607. The van der Waals surface area contributed by atoms with Crippen LogP contribution in [-0.2, 0) is 11.0 Å². The number of halogens is 4. The molecule has 0 aromatic heterocycles. The molecule has 0 unspecified atom stereocenters. The molecule has 2 N–H and O–H groups in total. The number of carbonyl (C=O) groups excluding carboxylic acids is 1. The average molecular weight is 373 g/mol. The maximum absolute atomic E-state index is 12.7. The van der Waals surface area contributed by atoms with E-state index in [0.717, 1.165) is 18.2 Å². The first kappa shape index (κ1) is 17.2. The van der Waals surface area contributed by atoms with E-state index in [-0.39, 0.29) is 24.0 Å². The molecule has 5 nitrogen and oxygen atoms in total. The van der Waals surface area contributed by atoms with Crippen LogP contribution in [0.15, 0.2) is 36.4 Å². The Kier molecular flexibility index (Phi) is 4.63. The van der Waals surface area contributed by atoms with Crippen LogP contribution in [0.1, 0.15) is 5.56 Å². The lowest BCUT2D eigenvalue weighted by Gasteiger charge is -2.12. The zero-order valence-corrected chi connectivity index (χ0v) is 13.4. The first-order valence-corrected chi connectivity index (χ1v) is 7.51. The minimum atomic E-state index is -4.52. The van der Waals surface area contributed by atoms with Crippen LogP contribution in [0.25, 0.3) is 0 Å². The zero-order chi connectivity index (χ0) is 18.0. The van der Waals surface area contributed by atoms with Gasteiger partial charge in [0, 0.05) is 11.8 Å². The fourth-order valence-corrected chi connectivity index (χ4v) is 2.35. The number of hydrogen-bond donors (Lipinski definition) is 2. The molecule has 1 aliphatic rings. The maximum atomic E-state index is 12.7. The summed E-state index contributed by atoms with van der Waals surface area (Å²) < 4.78 is 48.6. The highest BCUT2D eigenvalue weighted by Crippen LogP contribution is 2.35. The minimum Gasteiger partial charge on any atom is -0.454 e. The van der Waals surface area contributed by atoms with Gasteiger partial charge in [0.25, 0.3) is 0 Å². The minimum absolute atomic E-state index is 0.0180. The molecular formula is C16H12ClF3N2O3. The van der Waals surface area contributed by atoms with Gasteiger partial charge in [0.15, 0.2) is 11.5 Å². The second-order valence-electron chi connectivity index (χ2n) is 5.16. The highest BCUT2D eigenvalue weighted by atomic mass is 35.5. The highest BCUT2D eigenvalue weighted by Gasteiger charge is 2.31. The number of amides is 1. The fourth-order valence-electron chi connectivity index (χ4n) is 2.18. The standard InChI is InChI=1S/C16H12ClF3N2O3/c17-11-3-1-9(16(18,19)20)5-12(11)22-15(23)7-21-10-2-4-13-14(6-10)25-8-24-13/h1-6,21H,7-8H2,(H,22,23). The first-order valence-electron chi connectivity index (χ1n) is 7.13. The summed E-state index contributed by atoms with van der Waals surface area (Å²) >= 11 is 5.84. The molecule has 0 aliphatic carbocycles. The summed E-state index contributed by atoms with van der Waals surface area (Å²) in [6.45, 7) is -0.0282. The van der Waals surface area contributed by atoms with E-state index in [0.29, 0.717) is 17.2 Å². The van der Waals surface area contributed by atoms with Crippen LogP contribution >= 0.6 is 11.6 Å². The Labute approximate surface area is 145 Å². The number of alkyl halides is 3. The van der Waals surface area contributed by atoms with E-state index in [4.69, 9.17) is 21.1 Å². The van der Waals surface area contributed by atoms with E-state index >= 15 is 0 Å². The van der Waals surface area contributed by atoms with Crippen molar-refractivity contribution in [3.8, 4) is 11.5 Å². The molecule has 1 aliphatic heterocycles. The van der Waals surface area contributed by atoms with E-state index < -0.39 is 17.6 Å². The van der Waals surface area contributed by atoms with Gasteiger partial charge >= 0.3 is 6.18 Å². The monoisotopic (exact) mass is 372 g/mol. The lowest BCUT2D eigenvalue weighted by molar-refractivity contribution is -0.137. The largest absolute Gasteiger partial charge is 0.454 e. The molecule has 0 radical (unpaired) electrons. The first-order chi connectivity index (χ1) is 11.8. The third-order valence-electron chi connectivity index (χ3n) is 3.39. The molecule has 0 bridgehead atoms. The Morgan fingerprint density at radius 1 is 1.12 bits per heavy atom. The lowest BCUT2D eigenvalue weighted by Crippen LogP contribution is -2.22. The highest BCUT2D eigenvalue weighted by molar-refractivity contribution is 6.33. The van der Waals surface area contributed by atoms with Crippen LogP contribution in [0.2, 0.25) is 5.02 Å². The van der Waals surface area contributed by atoms with E-state index in [2.05, 4.69) is 10.6 Å². The van der Waals surface area contributed by atoms with Gasteiger partial charge in [-0.1, -0.05) is 11.6 Å². The van der Waals surface area contributed by atoms with Crippen LogP contribution in [0, 0.1) is 0 Å². The Morgan fingerprint density at radius 3 is 2.64 bits per heavy atom. The Bertz CT molecular complexity index is 812. The predicted octanol–water partition coefficient (Wildman–Crippen LogP) is 4.14. The topological polar surface area (TPSA) is 59.6 Å². The molecule has 9 heteroatoms. The number of fused-ring (bicyclic) bond motifs is 1. The molecule has 2 aromatic carbocycles. The number of carbonyl (C=O) groups is 1. The van der Waals surface area contributed by atoms with Crippen molar-refractivity contribution in [2.75, 3.05) is 24.0 Å². The maximum Gasteiger partial charge on any atom is 0.416 e. The number of hydrogen-bond acceptors (Lipinski definition) is 4. The molecule has 2 aromatic rings. The van der Waals surface area contributed by atoms with Crippen LogP contribution in [0.3, 0.4) is 0 Å². The van der Waals surface area contributed by atoms with Crippen molar-refractivity contribution in [2.24, 2.45) is 0 Å². The van der Waals surface area contributed by atoms with Crippen LogP contribution < -0.4 is 20.1 Å². The number of benzene rings is 2. The van der Waals surface area contributed by atoms with Crippen LogP contribution in [0.4, 0.5) is 24.5 Å².